The number of urea groups is 1. The molecule has 24 heavy (non-hydrogen) atoms. The first-order valence-electron chi connectivity index (χ1n) is 8.58. The van der Waals surface area contributed by atoms with E-state index in [0.717, 1.165) is 38.4 Å². The van der Waals surface area contributed by atoms with Gasteiger partial charge in [-0.3, -0.25) is 0 Å². The van der Waals surface area contributed by atoms with Crippen LogP contribution in [-0.4, -0.2) is 48.6 Å². The molecule has 0 unspecified atom stereocenters. The Morgan fingerprint density at radius 3 is 2.54 bits per heavy atom. The molecular formula is C18H27Cl2N3O. The molecule has 0 aromatic heterocycles. The van der Waals surface area contributed by atoms with Crippen molar-refractivity contribution >= 4 is 34.9 Å². The summed E-state index contributed by atoms with van der Waals surface area (Å²) in [7, 11) is 2.19. The smallest absolute Gasteiger partial charge is 0.321 e. The summed E-state index contributed by atoms with van der Waals surface area (Å²) in [6, 6.07) is 5.62. The molecule has 0 atom stereocenters. The Balaban J connectivity index is 1.80. The molecule has 0 radical (unpaired) electrons. The van der Waals surface area contributed by atoms with Crippen molar-refractivity contribution < 1.29 is 4.79 Å². The van der Waals surface area contributed by atoms with Crippen LogP contribution in [0.3, 0.4) is 0 Å². The highest BCUT2D eigenvalue weighted by molar-refractivity contribution is 6.42. The zero-order valence-corrected chi connectivity index (χ0v) is 16.2. The molecule has 134 valence electrons. The van der Waals surface area contributed by atoms with Crippen molar-refractivity contribution in [3.8, 4) is 0 Å². The van der Waals surface area contributed by atoms with E-state index in [4.69, 9.17) is 23.2 Å². The second-order valence-corrected chi connectivity index (χ2v) is 7.75. The number of carbonyl (C=O) groups excluding carboxylic acids is 1. The molecule has 1 N–H and O–H groups in total. The Morgan fingerprint density at radius 1 is 1.29 bits per heavy atom. The third-order valence-corrected chi connectivity index (χ3v) is 5.34. The Bertz CT molecular complexity index is 557. The maximum absolute atomic E-state index is 12.4. The normalized spacial score (nSPS) is 16.0. The number of rotatable bonds is 5. The fourth-order valence-electron chi connectivity index (χ4n) is 2.93. The van der Waals surface area contributed by atoms with E-state index in [1.165, 1.54) is 6.42 Å². The van der Waals surface area contributed by atoms with Crippen molar-refractivity contribution in [2.75, 3.05) is 32.0 Å². The van der Waals surface area contributed by atoms with E-state index in [0.29, 0.717) is 21.8 Å². The van der Waals surface area contributed by atoms with Gasteiger partial charge in [0, 0.05) is 24.8 Å². The molecular weight excluding hydrogens is 345 g/mol. The van der Waals surface area contributed by atoms with E-state index >= 15 is 0 Å². The minimum atomic E-state index is -0.0725. The largest absolute Gasteiger partial charge is 0.324 e. The summed E-state index contributed by atoms with van der Waals surface area (Å²) in [5, 5.41) is 3.82. The lowest BCUT2D eigenvalue weighted by Crippen LogP contribution is -2.47. The third kappa shape index (κ3) is 5.54. The van der Waals surface area contributed by atoms with Gasteiger partial charge in [-0.05, 0) is 57.0 Å². The highest BCUT2D eigenvalue weighted by Crippen LogP contribution is 2.25. The minimum Gasteiger partial charge on any atom is -0.324 e. The van der Waals surface area contributed by atoms with Gasteiger partial charge in [-0.1, -0.05) is 37.0 Å². The summed E-state index contributed by atoms with van der Waals surface area (Å²) in [5.74, 6) is 0.726. The van der Waals surface area contributed by atoms with Crippen LogP contribution in [0, 0.1) is 5.92 Å². The van der Waals surface area contributed by atoms with Crippen LogP contribution < -0.4 is 5.32 Å². The summed E-state index contributed by atoms with van der Waals surface area (Å²) in [5.41, 5.74) is 0.672. The van der Waals surface area contributed by atoms with Crippen LogP contribution in [0.25, 0.3) is 0 Å². The lowest BCUT2D eigenvalue weighted by molar-refractivity contribution is 0.137. The summed E-state index contributed by atoms with van der Waals surface area (Å²) in [6.45, 7) is 7.19. The zero-order chi connectivity index (χ0) is 17.7. The molecule has 1 fully saturated rings. The molecule has 0 bridgehead atoms. The molecule has 1 aliphatic rings. The maximum Gasteiger partial charge on any atom is 0.321 e. The van der Waals surface area contributed by atoms with Crippen molar-refractivity contribution in [1.82, 2.24) is 9.80 Å². The van der Waals surface area contributed by atoms with Gasteiger partial charge in [-0.25, -0.2) is 4.79 Å². The predicted molar refractivity (Wildman–Crippen MR) is 102 cm³/mol. The first-order valence-corrected chi connectivity index (χ1v) is 9.33. The van der Waals surface area contributed by atoms with Crippen LogP contribution in [0.4, 0.5) is 10.5 Å². The summed E-state index contributed by atoms with van der Waals surface area (Å²) in [6.07, 6.45) is 3.25. The number of amides is 2. The van der Waals surface area contributed by atoms with Gasteiger partial charge in [0.25, 0.3) is 0 Å². The van der Waals surface area contributed by atoms with Crippen LogP contribution in [-0.2, 0) is 0 Å². The Hall–Kier alpha value is -0.970. The average molecular weight is 372 g/mol. The fraction of sp³-hybridized carbons (Fsp3) is 0.611. The van der Waals surface area contributed by atoms with Crippen LogP contribution >= 0.6 is 23.2 Å². The predicted octanol–water partition coefficient (Wildman–Crippen LogP) is 4.97. The van der Waals surface area contributed by atoms with Crippen LogP contribution in [0.5, 0.6) is 0 Å². The number of piperidine rings is 1. The Kier molecular flexibility index (Phi) is 7.20. The van der Waals surface area contributed by atoms with E-state index in [2.05, 4.69) is 31.1 Å². The monoisotopic (exact) mass is 371 g/mol. The van der Waals surface area contributed by atoms with Crippen molar-refractivity contribution in [3.05, 3.63) is 28.2 Å². The first-order chi connectivity index (χ1) is 11.4. The standard InChI is InChI=1S/C18H27Cl2N3O/c1-13(2)6-9-22(3)15-7-10-23(11-8-15)18(24)21-14-4-5-16(19)17(20)12-14/h4-5,12-13,15H,6-11H2,1-3H3,(H,21,24). The lowest BCUT2D eigenvalue weighted by Gasteiger charge is -2.37. The number of hydrogen-bond donors (Lipinski definition) is 1. The molecule has 2 rings (SSSR count). The quantitative estimate of drug-likeness (QED) is 0.792. The van der Waals surface area contributed by atoms with Crippen LogP contribution in [0.2, 0.25) is 10.0 Å². The molecule has 6 heteroatoms. The molecule has 4 nitrogen and oxygen atoms in total. The molecule has 1 aromatic rings. The SMILES string of the molecule is CC(C)CCN(C)C1CCN(C(=O)Nc2ccc(Cl)c(Cl)c2)CC1. The van der Waals surface area contributed by atoms with E-state index in [9.17, 15) is 4.79 Å². The van der Waals surface area contributed by atoms with Gasteiger partial charge >= 0.3 is 6.03 Å². The Labute approximate surface area is 155 Å². The summed E-state index contributed by atoms with van der Waals surface area (Å²) < 4.78 is 0. The average Bonchev–Trinajstić information content (AvgIpc) is 2.56. The number of anilines is 1. The third-order valence-electron chi connectivity index (χ3n) is 4.61. The first kappa shape index (κ1) is 19.4. The molecule has 1 aliphatic heterocycles. The van der Waals surface area contributed by atoms with Crippen LogP contribution in [0.15, 0.2) is 18.2 Å². The fourth-order valence-corrected chi connectivity index (χ4v) is 3.23. The maximum atomic E-state index is 12.4. The van der Waals surface area contributed by atoms with Crippen molar-refractivity contribution in [2.24, 2.45) is 5.92 Å². The van der Waals surface area contributed by atoms with E-state index in [1.54, 1.807) is 18.2 Å². The second kappa shape index (κ2) is 8.93. The van der Waals surface area contributed by atoms with Gasteiger partial charge < -0.3 is 15.1 Å². The van der Waals surface area contributed by atoms with Gasteiger partial charge in [-0.2, -0.15) is 0 Å². The molecule has 1 aromatic carbocycles. The number of carbonyl (C=O) groups is 1. The molecule has 1 saturated heterocycles. The van der Waals surface area contributed by atoms with E-state index in [1.807, 2.05) is 4.90 Å². The topological polar surface area (TPSA) is 35.6 Å². The highest BCUT2D eigenvalue weighted by Gasteiger charge is 2.25. The van der Waals surface area contributed by atoms with Gasteiger partial charge in [-0.15, -0.1) is 0 Å². The Morgan fingerprint density at radius 2 is 1.96 bits per heavy atom. The number of nitrogens with one attached hydrogen (secondary N) is 1. The van der Waals surface area contributed by atoms with E-state index in [-0.39, 0.29) is 6.03 Å². The van der Waals surface area contributed by atoms with Crippen molar-refractivity contribution in [1.29, 1.82) is 0 Å². The molecule has 0 aliphatic carbocycles. The summed E-state index contributed by atoms with van der Waals surface area (Å²) >= 11 is 11.9. The summed E-state index contributed by atoms with van der Waals surface area (Å²) in [4.78, 5) is 16.7. The van der Waals surface area contributed by atoms with Crippen molar-refractivity contribution in [2.45, 2.75) is 39.2 Å². The number of hydrogen-bond acceptors (Lipinski definition) is 2. The van der Waals surface area contributed by atoms with Gasteiger partial charge in [0.1, 0.15) is 0 Å². The molecule has 0 saturated carbocycles. The van der Waals surface area contributed by atoms with Gasteiger partial charge in [0.2, 0.25) is 0 Å². The molecule has 1 heterocycles. The minimum absolute atomic E-state index is 0.0725. The molecule has 0 spiro atoms. The second-order valence-electron chi connectivity index (χ2n) is 6.94. The number of nitrogens with zero attached hydrogens (tertiary/aromatic N) is 2. The number of halogens is 2. The van der Waals surface area contributed by atoms with Gasteiger partial charge in [0.15, 0.2) is 0 Å². The number of likely N-dealkylation sites (tertiary alicyclic amines) is 1. The van der Waals surface area contributed by atoms with Crippen LogP contribution in [0.1, 0.15) is 33.1 Å². The lowest BCUT2D eigenvalue weighted by atomic mass is 10.0. The molecule has 2 amide bonds. The highest BCUT2D eigenvalue weighted by atomic mass is 35.5. The zero-order valence-electron chi connectivity index (χ0n) is 14.7. The van der Waals surface area contributed by atoms with Crippen molar-refractivity contribution in [3.63, 3.8) is 0 Å². The number of benzene rings is 1. The van der Waals surface area contributed by atoms with E-state index < -0.39 is 0 Å². The van der Waals surface area contributed by atoms with Gasteiger partial charge in [0.05, 0.1) is 10.0 Å².